The molecule has 0 fully saturated rings. The summed E-state index contributed by atoms with van der Waals surface area (Å²) in [6.07, 6.45) is 0. The summed E-state index contributed by atoms with van der Waals surface area (Å²) in [7, 11) is 4.01. The molecule has 1 aromatic carbocycles. The van der Waals surface area contributed by atoms with Crippen molar-refractivity contribution in [1.82, 2.24) is 14.5 Å². The molecular formula is C21H27N3OS. The van der Waals surface area contributed by atoms with E-state index in [0.29, 0.717) is 19.0 Å². The highest BCUT2D eigenvalue weighted by Gasteiger charge is 2.17. The van der Waals surface area contributed by atoms with Gasteiger partial charge in [-0.2, -0.15) is 0 Å². The van der Waals surface area contributed by atoms with Crippen molar-refractivity contribution in [1.29, 1.82) is 0 Å². The normalized spacial score (nSPS) is 11.8. The number of nitrogens with zero attached hydrogens (tertiary/aromatic N) is 3. The van der Waals surface area contributed by atoms with Crippen molar-refractivity contribution in [2.75, 3.05) is 14.1 Å². The molecule has 0 aliphatic heterocycles. The van der Waals surface area contributed by atoms with Gasteiger partial charge in [0.15, 0.2) is 0 Å². The molecule has 5 heteroatoms. The Balaban J connectivity index is 2.11. The largest absolute Gasteiger partial charge is 0.302 e. The Morgan fingerprint density at radius 2 is 1.81 bits per heavy atom. The highest BCUT2D eigenvalue weighted by molar-refractivity contribution is 7.18. The second kappa shape index (κ2) is 7.33. The molecule has 0 unspecified atom stereocenters. The average molecular weight is 370 g/mol. The molecule has 26 heavy (non-hydrogen) atoms. The second-order valence-electron chi connectivity index (χ2n) is 7.52. The van der Waals surface area contributed by atoms with E-state index < -0.39 is 0 Å². The van der Waals surface area contributed by atoms with Crippen LogP contribution in [0.25, 0.3) is 10.2 Å². The van der Waals surface area contributed by atoms with Gasteiger partial charge in [-0.05, 0) is 50.6 Å². The van der Waals surface area contributed by atoms with Crippen LogP contribution in [0.15, 0.2) is 29.1 Å². The predicted molar refractivity (Wildman–Crippen MR) is 110 cm³/mol. The fourth-order valence-corrected chi connectivity index (χ4v) is 4.17. The predicted octanol–water partition coefficient (Wildman–Crippen LogP) is 4.31. The minimum absolute atomic E-state index is 0.0710. The van der Waals surface area contributed by atoms with E-state index >= 15 is 0 Å². The van der Waals surface area contributed by atoms with Gasteiger partial charge >= 0.3 is 0 Å². The van der Waals surface area contributed by atoms with E-state index in [2.05, 4.69) is 49.9 Å². The SMILES string of the molecule is Cc1sc2nc(CN(C)C)n(Cc3ccc(C(C)C)cc3)c(=O)c2c1C. The van der Waals surface area contributed by atoms with Crippen molar-refractivity contribution < 1.29 is 0 Å². The molecule has 2 heterocycles. The fraction of sp³-hybridized carbons (Fsp3) is 0.429. The molecule has 4 nitrogen and oxygen atoms in total. The van der Waals surface area contributed by atoms with Crippen LogP contribution in [-0.4, -0.2) is 28.5 Å². The van der Waals surface area contributed by atoms with Gasteiger partial charge in [0.1, 0.15) is 10.7 Å². The number of aryl methyl sites for hydroxylation is 2. The highest BCUT2D eigenvalue weighted by atomic mass is 32.1. The highest BCUT2D eigenvalue weighted by Crippen LogP contribution is 2.26. The van der Waals surface area contributed by atoms with Gasteiger partial charge in [0.25, 0.3) is 5.56 Å². The molecule has 138 valence electrons. The van der Waals surface area contributed by atoms with Crippen LogP contribution in [0, 0.1) is 13.8 Å². The van der Waals surface area contributed by atoms with Gasteiger partial charge in [-0.1, -0.05) is 38.1 Å². The van der Waals surface area contributed by atoms with Crippen LogP contribution in [0.5, 0.6) is 0 Å². The molecule has 3 aromatic rings. The zero-order valence-electron chi connectivity index (χ0n) is 16.5. The van der Waals surface area contributed by atoms with Gasteiger partial charge in [0.2, 0.25) is 0 Å². The van der Waals surface area contributed by atoms with Gasteiger partial charge in [-0.3, -0.25) is 9.36 Å². The maximum absolute atomic E-state index is 13.3. The zero-order valence-corrected chi connectivity index (χ0v) is 17.3. The van der Waals surface area contributed by atoms with Crippen LogP contribution in [0.4, 0.5) is 0 Å². The minimum Gasteiger partial charge on any atom is -0.302 e. The first-order chi connectivity index (χ1) is 12.3. The number of rotatable bonds is 5. The van der Waals surface area contributed by atoms with E-state index in [1.54, 1.807) is 11.3 Å². The summed E-state index contributed by atoms with van der Waals surface area (Å²) in [5, 5.41) is 0.772. The summed E-state index contributed by atoms with van der Waals surface area (Å²) in [4.78, 5) is 22.2. The number of aromatic nitrogens is 2. The first kappa shape index (κ1) is 18.8. The lowest BCUT2D eigenvalue weighted by molar-refractivity contribution is 0.379. The third-order valence-corrected chi connectivity index (χ3v) is 5.91. The lowest BCUT2D eigenvalue weighted by Gasteiger charge is -2.16. The summed E-state index contributed by atoms with van der Waals surface area (Å²) < 4.78 is 1.84. The first-order valence-electron chi connectivity index (χ1n) is 9.01. The number of hydrogen-bond donors (Lipinski definition) is 0. The molecule has 0 spiro atoms. The topological polar surface area (TPSA) is 38.1 Å². The smallest absolute Gasteiger partial charge is 0.262 e. The van der Waals surface area contributed by atoms with Gasteiger partial charge in [-0.15, -0.1) is 11.3 Å². The molecule has 0 saturated heterocycles. The lowest BCUT2D eigenvalue weighted by atomic mass is 10.0. The number of fused-ring (bicyclic) bond motifs is 1. The maximum atomic E-state index is 13.3. The van der Waals surface area contributed by atoms with E-state index in [-0.39, 0.29) is 5.56 Å². The van der Waals surface area contributed by atoms with Crippen LogP contribution in [0.1, 0.15) is 47.2 Å². The monoisotopic (exact) mass is 369 g/mol. The molecule has 0 aliphatic rings. The molecular weight excluding hydrogens is 342 g/mol. The summed E-state index contributed by atoms with van der Waals surface area (Å²) >= 11 is 1.61. The number of hydrogen-bond acceptors (Lipinski definition) is 4. The van der Waals surface area contributed by atoms with E-state index in [1.807, 2.05) is 25.6 Å². The summed E-state index contributed by atoms with van der Waals surface area (Å²) in [5.41, 5.74) is 3.57. The molecule has 0 N–H and O–H groups in total. The Morgan fingerprint density at radius 3 is 2.38 bits per heavy atom. The Kier molecular flexibility index (Phi) is 5.30. The minimum atomic E-state index is 0.0710. The molecule has 3 rings (SSSR count). The standard InChI is InChI=1S/C21H27N3OS/c1-13(2)17-9-7-16(8-10-17)11-24-18(12-23(5)6)22-20-19(21(24)25)14(3)15(4)26-20/h7-10,13H,11-12H2,1-6H3. The molecule has 0 bridgehead atoms. The van der Waals surface area contributed by atoms with Crippen molar-refractivity contribution in [2.24, 2.45) is 0 Å². The van der Waals surface area contributed by atoms with Gasteiger partial charge in [0.05, 0.1) is 18.5 Å². The van der Waals surface area contributed by atoms with Crippen LogP contribution < -0.4 is 5.56 Å². The molecule has 2 aromatic heterocycles. The van der Waals surface area contributed by atoms with Crippen LogP contribution >= 0.6 is 11.3 Å². The van der Waals surface area contributed by atoms with Crippen molar-refractivity contribution in [3.8, 4) is 0 Å². The van der Waals surface area contributed by atoms with Crippen LogP contribution in [0.3, 0.4) is 0 Å². The Bertz CT molecular complexity index is 981. The van der Waals surface area contributed by atoms with Crippen LogP contribution in [-0.2, 0) is 13.1 Å². The average Bonchev–Trinajstić information content (AvgIpc) is 2.85. The van der Waals surface area contributed by atoms with Crippen molar-refractivity contribution in [2.45, 2.75) is 46.7 Å². The van der Waals surface area contributed by atoms with Crippen molar-refractivity contribution in [3.05, 3.63) is 62.0 Å². The molecule has 0 amide bonds. The van der Waals surface area contributed by atoms with E-state index in [9.17, 15) is 4.79 Å². The third-order valence-electron chi connectivity index (χ3n) is 4.81. The Labute approximate surface area is 159 Å². The molecule has 0 saturated carbocycles. The number of benzene rings is 1. The van der Waals surface area contributed by atoms with Gasteiger partial charge in [-0.25, -0.2) is 4.98 Å². The van der Waals surface area contributed by atoms with Crippen molar-refractivity contribution >= 4 is 21.6 Å². The summed E-state index contributed by atoms with van der Waals surface area (Å²) in [5.74, 6) is 1.33. The van der Waals surface area contributed by atoms with Gasteiger partial charge in [0, 0.05) is 4.88 Å². The zero-order chi connectivity index (χ0) is 19.0. The summed E-state index contributed by atoms with van der Waals surface area (Å²) in [6, 6.07) is 8.56. The Hall–Kier alpha value is -1.98. The first-order valence-corrected chi connectivity index (χ1v) is 9.82. The van der Waals surface area contributed by atoms with Crippen LogP contribution in [0.2, 0.25) is 0 Å². The van der Waals surface area contributed by atoms with E-state index in [1.165, 1.54) is 10.4 Å². The maximum Gasteiger partial charge on any atom is 0.262 e. The molecule has 0 radical (unpaired) electrons. The third kappa shape index (κ3) is 3.60. The second-order valence-corrected chi connectivity index (χ2v) is 8.72. The van der Waals surface area contributed by atoms with Crippen molar-refractivity contribution in [3.63, 3.8) is 0 Å². The fourth-order valence-electron chi connectivity index (χ4n) is 3.13. The summed E-state index contributed by atoms with van der Waals surface area (Å²) in [6.45, 7) is 9.65. The quantitative estimate of drug-likeness (QED) is 0.673. The van der Waals surface area contributed by atoms with E-state index in [4.69, 9.17) is 4.98 Å². The molecule has 0 atom stereocenters. The van der Waals surface area contributed by atoms with E-state index in [0.717, 1.165) is 27.2 Å². The van der Waals surface area contributed by atoms with Gasteiger partial charge < -0.3 is 4.90 Å². The molecule has 0 aliphatic carbocycles. The lowest BCUT2D eigenvalue weighted by Crippen LogP contribution is -2.28. The number of thiophene rings is 1. The Morgan fingerprint density at radius 1 is 1.15 bits per heavy atom.